The number of carbonyl (C=O) groups excluding carboxylic acids is 1. The van der Waals surface area contributed by atoms with Gasteiger partial charge in [0.2, 0.25) is 0 Å². The van der Waals surface area contributed by atoms with E-state index in [4.69, 9.17) is 10.2 Å². The Morgan fingerprint density at radius 1 is 1.13 bits per heavy atom. The Labute approximate surface area is 89.0 Å². The topological polar surface area (TPSA) is 98.0 Å². The molecule has 0 rings (SSSR count). The molecule has 0 aromatic carbocycles. The van der Waals surface area contributed by atoms with Gasteiger partial charge in [-0.2, -0.15) is 0 Å². The first-order valence-electron chi connectivity index (χ1n) is 4.67. The molecule has 6 nitrogen and oxygen atoms in total. The lowest BCUT2D eigenvalue weighted by molar-refractivity contribution is -0.889. The molecule has 15 heavy (non-hydrogen) atoms. The lowest BCUT2D eigenvalue weighted by atomic mass is 10.0. The van der Waals surface area contributed by atoms with Crippen LogP contribution in [0.15, 0.2) is 0 Å². The summed E-state index contributed by atoms with van der Waals surface area (Å²) < 4.78 is 0.125. The van der Waals surface area contributed by atoms with Gasteiger partial charge in [-0.25, -0.2) is 0 Å². The predicted octanol–water partition coefficient (Wildman–Crippen LogP) is -2.66. The molecular weight excluding hydrogens is 202 g/mol. The summed E-state index contributed by atoms with van der Waals surface area (Å²) in [6.07, 6.45) is -3.88. The van der Waals surface area contributed by atoms with Crippen molar-refractivity contribution < 1.29 is 29.7 Å². The Morgan fingerprint density at radius 2 is 1.60 bits per heavy atom. The molecule has 0 fully saturated rings. The number of likely N-dealkylation sites (N-methyl/N-ethyl adjacent to an activating group) is 1. The normalized spacial score (nSPS) is 20.5. The second-order valence-corrected chi connectivity index (χ2v) is 4.47. The minimum absolute atomic E-state index is 0.125. The fraction of sp³-hybridized carbons (Fsp3) is 0.889. The Balaban J connectivity index is 4.65. The van der Waals surface area contributed by atoms with Gasteiger partial charge in [-0.3, -0.25) is 4.79 Å². The van der Waals surface area contributed by atoms with E-state index in [1.54, 1.807) is 21.1 Å². The van der Waals surface area contributed by atoms with Crippen molar-refractivity contribution in [3.63, 3.8) is 0 Å². The molecule has 0 unspecified atom stereocenters. The van der Waals surface area contributed by atoms with Crippen molar-refractivity contribution in [1.82, 2.24) is 0 Å². The standard InChI is InChI=1S/C9H20NO5/c1-10(2,3)6(4-11)8(14)9(15)7(13)5-12/h4,6-9,12-15H,5H2,1-3H3/q+1/t6-,7-,8-,9-/m1/s1. The highest BCUT2D eigenvalue weighted by atomic mass is 16.4. The van der Waals surface area contributed by atoms with Crippen LogP contribution in [-0.4, -0.2) is 83.3 Å². The SMILES string of the molecule is C[N+](C)(C)[C@H](C=O)[C@@H](O)[C@H](O)[C@H](O)CO. The minimum Gasteiger partial charge on any atom is -0.394 e. The molecule has 0 saturated heterocycles. The average molecular weight is 222 g/mol. The zero-order chi connectivity index (χ0) is 12.2. The Morgan fingerprint density at radius 3 is 1.87 bits per heavy atom. The molecular formula is C9H20NO5+. The maximum absolute atomic E-state index is 10.8. The van der Waals surface area contributed by atoms with Crippen molar-refractivity contribution in [2.24, 2.45) is 0 Å². The van der Waals surface area contributed by atoms with Crippen molar-refractivity contribution in [1.29, 1.82) is 0 Å². The monoisotopic (exact) mass is 222 g/mol. The number of hydrogen-bond donors (Lipinski definition) is 4. The van der Waals surface area contributed by atoms with Gasteiger partial charge in [0.25, 0.3) is 0 Å². The first kappa shape index (κ1) is 14.5. The van der Waals surface area contributed by atoms with Crippen molar-refractivity contribution in [3.8, 4) is 0 Å². The van der Waals surface area contributed by atoms with Crippen LogP contribution < -0.4 is 0 Å². The summed E-state index contributed by atoms with van der Waals surface area (Å²) in [5.41, 5.74) is 0. The summed E-state index contributed by atoms with van der Waals surface area (Å²) in [7, 11) is 5.04. The third-order valence-electron chi connectivity index (χ3n) is 2.31. The van der Waals surface area contributed by atoms with Crippen LogP contribution in [0.4, 0.5) is 0 Å². The van der Waals surface area contributed by atoms with Crippen molar-refractivity contribution in [3.05, 3.63) is 0 Å². The van der Waals surface area contributed by atoms with Crippen LogP contribution in [0.5, 0.6) is 0 Å². The third-order valence-corrected chi connectivity index (χ3v) is 2.31. The van der Waals surface area contributed by atoms with Crippen molar-refractivity contribution >= 4 is 6.29 Å². The quantitative estimate of drug-likeness (QED) is 0.290. The van der Waals surface area contributed by atoms with E-state index in [1.165, 1.54) is 0 Å². The summed E-state index contributed by atoms with van der Waals surface area (Å²) in [4.78, 5) is 10.8. The largest absolute Gasteiger partial charge is 0.394 e. The highest BCUT2D eigenvalue weighted by molar-refractivity contribution is 5.57. The maximum Gasteiger partial charge on any atom is 0.180 e. The highest BCUT2D eigenvalue weighted by Gasteiger charge is 2.38. The lowest BCUT2D eigenvalue weighted by Gasteiger charge is -2.35. The zero-order valence-electron chi connectivity index (χ0n) is 9.24. The first-order valence-corrected chi connectivity index (χ1v) is 4.67. The average Bonchev–Trinajstić information content (AvgIpc) is 2.14. The number of aliphatic hydroxyl groups excluding tert-OH is 4. The van der Waals surface area contributed by atoms with Gasteiger partial charge < -0.3 is 24.9 Å². The van der Waals surface area contributed by atoms with E-state index in [0.29, 0.717) is 6.29 Å². The molecule has 4 atom stereocenters. The van der Waals surface area contributed by atoms with Crippen molar-refractivity contribution in [2.75, 3.05) is 27.7 Å². The van der Waals surface area contributed by atoms with E-state index in [-0.39, 0.29) is 4.48 Å². The van der Waals surface area contributed by atoms with Crippen LogP contribution in [0.3, 0.4) is 0 Å². The molecule has 0 heterocycles. The molecule has 0 aliphatic rings. The number of rotatable bonds is 6. The van der Waals surface area contributed by atoms with Crippen molar-refractivity contribution in [2.45, 2.75) is 24.4 Å². The summed E-state index contributed by atoms with van der Waals surface area (Å²) in [5.74, 6) is 0. The molecule has 0 aliphatic heterocycles. The summed E-state index contributed by atoms with van der Waals surface area (Å²) in [5, 5.41) is 36.8. The smallest absolute Gasteiger partial charge is 0.180 e. The number of hydrogen-bond acceptors (Lipinski definition) is 5. The summed E-state index contributed by atoms with van der Waals surface area (Å²) >= 11 is 0. The molecule has 6 heteroatoms. The number of quaternary nitrogens is 1. The fourth-order valence-corrected chi connectivity index (χ4v) is 1.26. The van der Waals surface area contributed by atoms with E-state index < -0.39 is 31.0 Å². The number of nitrogens with zero attached hydrogens (tertiary/aromatic N) is 1. The van der Waals surface area contributed by atoms with Crippen LogP contribution in [0.2, 0.25) is 0 Å². The van der Waals surface area contributed by atoms with Crippen LogP contribution in [0, 0.1) is 0 Å². The Kier molecular flexibility index (Phi) is 5.33. The van der Waals surface area contributed by atoms with Gasteiger partial charge in [0.05, 0.1) is 27.7 Å². The van der Waals surface area contributed by atoms with Crippen LogP contribution in [0.25, 0.3) is 0 Å². The van der Waals surface area contributed by atoms with Gasteiger partial charge in [-0.15, -0.1) is 0 Å². The molecule has 4 N–H and O–H groups in total. The van der Waals surface area contributed by atoms with Crippen LogP contribution in [-0.2, 0) is 4.79 Å². The van der Waals surface area contributed by atoms with Gasteiger partial charge in [0.15, 0.2) is 12.3 Å². The minimum atomic E-state index is -1.54. The number of aldehydes is 1. The third kappa shape index (κ3) is 3.84. The van der Waals surface area contributed by atoms with Gasteiger partial charge in [0, 0.05) is 0 Å². The van der Waals surface area contributed by atoms with Gasteiger partial charge in [0.1, 0.15) is 18.3 Å². The predicted molar refractivity (Wildman–Crippen MR) is 53.0 cm³/mol. The van der Waals surface area contributed by atoms with Gasteiger partial charge >= 0.3 is 0 Å². The highest BCUT2D eigenvalue weighted by Crippen LogP contribution is 2.11. The molecule has 0 radical (unpaired) electrons. The second-order valence-electron chi connectivity index (χ2n) is 4.47. The molecule has 0 aromatic heterocycles. The van der Waals surface area contributed by atoms with Gasteiger partial charge in [-0.05, 0) is 0 Å². The van der Waals surface area contributed by atoms with Crippen LogP contribution >= 0.6 is 0 Å². The van der Waals surface area contributed by atoms with E-state index >= 15 is 0 Å². The molecule has 0 saturated carbocycles. The molecule has 0 spiro atoms. The molecule has 90 valence electrons. The number of aliphatic hydroxyl groups is 4. The van der Waals surface area contributed by atoms with Gasteiger partial charge in [-0.1, -0.05) is 0 Å². The molecule has 0 aliphatic carbocycles. The zero-order valence-corrected chi connectivity index (χ0v) is 9.24. The fourth-order valence-electron chi connectivity index (χ4n) is 1.26. The summed E-state index contributed by atoms with van der Waals surface area (Å²) in [6.45, 7) is -0.666. The molecule has 0 amide bonds. The number of carbonyl (C=O) groups is 1. The lowest BCUT2D eigenvalue weighted by Crippen LogP contribution is -2.58. The van der Waals surface area contributed by atoms with E-state index in [2.05, 4.69) is 0 Å². The Hall–Kier alpha value is -0.530. The molecule has 0 aromatic rings. The summed E-state index contributed by atoms with van der Waals surface area (Å²) in [6, 6.07) is -0.860. The van der Waals surface area contributed by atoms with E-state index in [0.717, 1.165) is 0 Å². The molecule has 0 bridgehead atoms. The Bertz CT molecular complexity index is 203. The van der Waals surface area contributed by atoms with Crippen LogP contribution in [0.1, 0.15) is 0 Å². The van der Waals surface area contributed by atoms with E-state index in [1.807, 2.05) is 0 Å². The van der Waals surface area contributed by atoms with E-state index in [9.17, 15) is 15.0 Å². The first-order chi connectivity index (χ1) is 6.75. The second kappa shape index (κ2) is 5.53. The maximum atomic E-state index is 10.8.